The molecule has 10 rings (SSSR count). The van der Waals surface area contributed by atoms with Crippen molar-refractivity contribution in [2.45, 2.75) is 13.8 Å². The van der Waals surface area contributed by atoms with Crippen molar-refractivity contribution in [1.82, 2.24) is 9.55 Å². The summed E-state index contributed by atoms with van der Waals surface area (Å²) in [6.45, 7) is 4.00. The van der Waals surface area contributed by atoms with Gasteiger partial charge in [-0.2, -0.15) is 0 Å². The van der Waals surface area contributed by atoms with E-state index in [0.717, 1.165) is 5.82 Å². The third kappa shape index (κ3) is 3.45. The Kier molecular flexibility index (Phi) is 5.53. The second-order valence-corrected chi connectivity index (χ2v) is 12.2. The summed E-state index contributed by atoms with van der Waals surface area (Å²) >= 11 is 1.86. The van der Waals surface area contributed by atoms with Crippen LogP contribution in [0.5, 0.6) is 0 Å². The molecule has 208 valence electrons. The molecule has 1 aliphatic rings. The van der Waals surface area contributed by atoms with Crippen LogP contribution in [0.2, 0.25) is 0 Å². The fourth-order valence-electron chi connectivity index (χ4n) is 7.14. The van der Waals surface area contributed by atoms with Crippen LogP contribution >= 0.6 is 11.3 Å². The molecule has 0 atom stereocenters. The Bertz CT molecular complexity index is 2580. The predicted octanol–water partition coefficient (Wildman–Crippen LogP) is 12.0. The molecule has 3 heteroatoms. The highest BCUT2D eigenvalue weighted by molar-refractivity contribution is 7.25. The van der Waals surface area contributed by atoms with Crippen LogP contribution in [0, 0.1) is 0 Å². The second-order valence-electron chi connectivity index (χ2n) is 11.2. The van der Waals surface area contributed by atoms with Crippen molar-refractivity contribution in [1.29, 1.82) is 0 Å². The number of thiophene rings is 1. The maximum absolute atomic E-state index is 5.15. The molecule has 0 bridgehead atoms. The van der Waals surface area contributed by atoms with Crippen molar-refractivity contribution in [3.63, 3.8) is 0 Å². The van der Waals surface area contributed by atoms with Crippen molar-refractivity contribution in [2.75, 3.05) is 0 Å². The van der Waals surface area contributed by atoms with Gasteiger partial charge < -0.3 is 0 Å². The van der Waals surface area contributed by atoms with Crippen molar-refractivity contribution >= 4 is 64.1 Å². The molecule has 9 aromatic rings. The van der Waals surface area contributed by atoms with Gasteiger partial charge in [0.05, 0.1) is 11.0 Å². The van der Waals surface area contributed by atoms with Crippen LogP contribution in [0.4, 0.5) is 0 Å². The van der Waals surface area contributed by atoms with Gasteiger partial charge in [0.25, 0.3) is 0 Å². The number of hydrogen-bond donors (Lipinski definition) is 0. The van der Waals surface area contributed by atoms with Crippen LogP contribution in [-0.4, -0.2) is 9.55 Å². The van der Waals surface area contributed by atoms with Crippen molar-refractivity contribution < 1.29 is 0 Å². The molecule has 0 saturated carbocycles. The van der Waals surface area contributed by atoms with E-state index in [-0.39, 0.29) is 0 Å². The molecular weight excluding hydrogens is 553 g/mol. The maximum Gasteiger partial charge on any atom is 0.146 e. The summed E-state index contributed by atoms with van der Waals surface area (Å²) in [6, 6.07) is 46.6. The highest BCUT2D eigenvalue weighted by atomic mass is 32.1. The first kappa shape index (κ1) is 25.3. The second kappa shape index (κ2) is 9.63. The zero-order chi connectivity index (χ0) is 29.4. The van der Waals surface area contributed by atoms with Gasteiger partial charge in [-0.15, -0.1) is 11.3 Å². The minimum atomic E-state index is 0.991. The minimum absolute atomic E-state index is 0.991. The summed E-state index contributed by atoms with van der Waals surface area (Å²) in [7, 11) is 0. The van der Waals surface area contributed by atoms with Crippen LogP contribution < -0.4 is 0 Å². The lowest BCUT2D eigenvalue weighted by atomic mass is 10.0. The van der Waals surface area contributed by atoms with Gasteiger partial charge in [0, 0.05) is 53.5 Å². The largest absolute Gasteiger partial charge is 0.293 e. The quantitative estimate of drug-likeness (QED) is 0.199. The van der Waals surface area contributed by atoms with Crippen LogP contribution in [0.3, 0.4) is 0 Å². The molecule has 0 N–H and O–H groups in total. The van der Waals surface area contributed by atoms with E-state index in [9.17, 15) is 0 Å². The van der Waals surface area contributed by atoms with Crippen LogP contribution in [0.15, 0.2) is 134 Å². The first-order valence-electron chi connectivity index (χ1n) is 15.3. The minimum Gasteiger partial charge on any atom is -0.293 e. The fourth-order valence-corrected chi connectivity index (χ4v) is 8.22. The Hall–Kier alpha value is -5.25. The zero-order valence-corrected chi connectivity index (χ0v) is 25.3. The van der Waals surface area contributed by atoms with Crippen molar-refractivity contribution in [3.8, 4) is 39.2 Å². The standard InChI is InChI=1S/C39H22N2S.C2H6/c1-2-12-30-26(9-1)29-13-7-8-25-22-40-39(38(30)37(25)29)41-33-14-5-3-10-27(33)31-20-23(16-18-34(31)41)24-17-19-36-32(21-24)28-11-4-6-15-35(28)42-36;1-2/h1-22H;1-2H3. The summed E-state index contributed by atoms with van der Waals surface area (Å²) in [5, 5.41) is 7.62. The Labute approximate surface area is 259 Å². The number of para-hydroxylation sites is 1. The summed E-state index contributed by atoms with van der Waals surface area (Å²) in [5.74, 6) is 0.991. The average Bonchev–Trinajstić information content (AvgIpc) is 3.75. The van der Waals surface area contributed by atoms with Crippen molar-refractivity contribution in [2.24, 2.45) is 0 Å². The van der Waals surface area contributed by atoms with E-state index in [0.29, 0.717) is 0 Å². The lowest BCUT2D eigenvalue weighted by molar-refractivity contribution is 1.09. The number of hydrogen-bond acceptors (Lipinski definition) is 2. The molecule has 0 radical (unpaired) electrons. The van der Waals surface area contributed by atoms with Gasteiger partial charge >= 0.3 is 0 Å². The smallest absolute Gasteiger partial charge is 0.146 e. The SMILES string of the molecule is CC.c1ccc2c(c1)-c1cccc3cnc(-n4c5ccccc5c5cc(-c6ccc7sc8ccccc8c7c6)ccc54)c-2c13. The highest BCUT2D eigenvalue weighted by Crippen LogP contribution is 2.50. The predicted molar refractivity (Wildman–Crippen MR) is 190 cm³/mol. The van der Waals surface area contributed by atoms with Gasteiger partial charge in [-0.05, 0) is 64.2 Å². The Morgan fingerprint density at radius 3 is 2.07 bits per heavy atom. The first-order chi connectivity index (χ1) is 21.8. The topological polar surface area (TPSA) is 17.8 Å². The third-order valence-corrected chi connectivity index (χ3v) is 10.1. The summed E-state index contributed by atoms with van der Waals surface area (Å²) in [5.41, 5.74) is 9.87. The number of aromatic nitrogens is 2. The molecule has 1 aliphatic carbocycles. The first-order valence-corrected chi connectivity index (χ1v) is 16.1. The molecule has 0 unspecified atom stereocenters. The van der Waals surface area contributed by atoms with Gasteiger partial charge in [0.1, 0.15) is 5.82 Å². The number of nitrogens with zero attached hydrogens (tertiary/aromatic N) is 2. The molecule has 0 amide bonds. The molecular formula is C41H28N2S. The Morgan fingerprint density at radius 2 is 1.18 bits per heavy atom. The number of fused-ring (bicyclic) bond motifs is 9. The van der Waals surface area contributed by atoms with E-state index in [1.807, 2.05) is 31.4 Å². The monoisotopic (exact) mass is 580 g/mol. The van der Waals surface area contributed by atoms with Gasteiger partial charge in [-0.1, -0.05) is 105 Å². The van der Waals surface area contributed by atoms with Gasteiger partial charge in [0.2, 0.25) is 0 Å². The molecule has 0 fully saturated rings. The van der Waals surface area contributed by atoms with Crippen LogP contribution in [0.25, 0.3) is 91.9 Å². The zero-order valence-electron chi connectivity index (χ0n) is 24.5. The molecule has 2 nitrogen and oxygen atoms in total. The fraction of sp³-hybridized carbons (Fsp3) is 0.0488. The molecule has 0 spiro atoms. The molecule has 44 heavy (non-hydrogen) atoms. The molecule has 3 heterocycles. The normalized spacial score (nSPS) is 11.9. The summed E-state index contributed by atoms with van der Waals surface area (Å²) < 4.78 is 5.04. The summed E-state index contributed by atoms with van der Waals surface area (Å²) in [4.78, 5) is 5.15. The van der Waals surface area contributed by atoms with E-state index in [4.69, 9.17) is 4.98 Å². The van der Waals surface area contributed by atoms with Gasteiger partial charge in [-0.3, -0.25) is 4.57 Å². The Balaban J connectivity index is 0.00000133. The molecule has 3 aromatic heterocycles. The number of pyridine rings is 1. The lowest BCUT2D eigenvalue weighted by Crippen LogP contribution is -2.00. The molecule has 0 saturated heterocycles. The maximum atomic E-state index is 5.15. The molecule has 6 aromatic carbocycles. The number of rotatable bonds is 2. The van der Waals surface area contributed by atoms with Crippen LogP contribution in [-0.2, 0) is 0 Å². The van der Waals surface area contributed by atoms with Crippen molar-refractivity contribution in [3.05, 3.63) is 134 Å². The average molecular weight is 581 g/mol. The Morgan fingerprint density at radius 1 is 0.523 bits per heavy atom. The van der Waals surface area contributed by atoms with E-state index >= 15 is 0 Å². The van der Waals surface area contributed by atoms with Gasteiger partial charge in [0.15, 0.2) is 0 Å². The van der Waals surface area contributed by atoms with Crippen LogP contribution in [0.1, 0.15) is 13.8 Å². The van der Waals surface area contributed by atoms with E-state index < -0.39 is 0 Å². The molecule has 0 aliphatic heterocycles. The van der Waals surface area contributed by atoms with E-state index in [1.54, 1.807) is 0 Å². The summed E-state index contributed by atoms with van der Waals surface area (Å²) in [6.07, 6.45) is 2.04. The third-order valence-electron chi connectivity index (χ3n) is 8.98. The number of benzene rings is 6. The lowest BCUT2D eigenvalue weighted by Gasteiger charge is -2.13. The van der Waals surface area contributed by atoms with E-state index in [2.05, 4.69) is 132 Å². The highest BCUT2D eigenvalue weighted by Gasteiger charge is 2.27. The van der Waals surface area contributed by atoms with E-state index in [1.165, 1.54) is 86.1 Å². The van der Waals surface area contributed by atoms with Gasteiger partial charge in [-0.25, -0.2) is 4.98 Å².